The standard InChI is InChI=1S/C16H21N3O2/c1-12-6-5-9-19-11-13(17-15(12)19)10-18-8-4-3-7-14(18)16(20)21-2/h5-6,9,11,14H,3-4,7-8,10H2,1-2H3/t14-/m1/s1. The Bertz CT molecular complexity index is 650. The molecule has 0 aliphatic carbocycles. The van der Waals surface area contributed by atoms with E-state index in [1.165, 1.54) is 7.11 Å². The molecule has 21 heavy (non-hydrogen) atoms. The lowest BCUT2D eigenvalue weighted by molar-refractivity contribution is -0.148. The predicted octanol–water partition coefficient (Wildman–Crippen LogP) is 2.17. The number of ether oxygens (including phenoxy) is 1. The number of methoxy groups -OCH3 is 1. The number of hydrogen-bond acceptors (Lipinski definition) is 4. The van der Waals surface area contributed by atoms with E-state index < -0.39 is 0 Å². The summed E-state index contributed by atoms with van der Waals surface area (Å²) >= 11 is 0. The smallest absolute Gasteiger partial charge is 0.323 e. The Morgan fingerprint density at radius 2 is 2.33 bits per heavy atom. The van der Waals surface area contributed by atoms with Crippen LogP contribution in [0.25, 0.3) is 5.65 Å². The minimum absolute atomic E-state index is 0.130. The van der Waals surface area contributed by atoms with Gasteiger partial charge in [0.05, 0.1) is 12.8 Å². The Labute approximate surface area is 124 Å². The molecule has 1 aliphatic heterocycles. The second kappa shape index (κ2) is 5.85. The molecule has 0 amide bonds. The van der Waals surface area contributed by atoms with Crippen molar-refractivity contribution in [3.05, 3.63) is 35.8 Å². The highest BCUT2D eigenvalue weighted by Gasteiger charge is 2.29. The molecule has 3 rings (SSSR count). The SMILES string of the molecule is COC(=O)[C@H]1CCCCN1Cc1cn2cccc(C)c2n1. The summed E-state index contributed by atoms with van der Waals surface area (Å²) in [5.41, 5.74) is 3.14. The Kier molecular flexibility index (Phi) is 3.92. The third-order valence-electron chi connectivity index (χ3n) is 4.18. The van der Waals surface area contributed by atoms with Crippen LogP contribution in [0.2, 0.25) is 0 Å². The summed E-state index contributed by atoms with van der Waals surface area (Å²) in [7, 11) is 1.46. The maximum Gasteiger partial charge on any atom is 0.323 e. The molecule has 0 bridgehead atoms. The summed E-state index contributed by atoms with van der Waals surface area (Å²) in [5, 5.41) is 0. The fraction of sp³-hybridized carbons (Fsp3) is 0.500. The lowest BCUT2D eigenvalue weighted by Crippen LogP contribution is -2.44. The number of aryl methyl sites for hydroxylation is 1. The molecule has 0 radical (unpaired) electrons. The van der Waals surface area contributed by atoms with Crippen molar-refractivity contribution in [2.75, 3.05) is 13.7 Å². The molecular weight excluding hydrogens is 266 g/mol. The Morgan fingerprint density at radius 3 is 3.10 bits per heavy atom. The van der Waals surface area contributed by atoms with Gasteiger partial charge in [-0.1, -0.05) is 12.5 Å². The van der Waals surface area contributed by atoms with Gasteiger partial charge in [-0.15, -0.1) is 0 Å². The van der Waals surface area contributed by atoms with Crippen molar-refractivity contribution in [3.8, 4) is 0 Å². The van der Waals surface area contributed by atoms with Gasteiger partial charge in [0, 0.05) is 18.9 Å². The van der Waals surface area contributed by atoms with Crippen LogP contribution >= 0.6 is 0 Å². The predicted molar refractivity (Wildman–Crippen MR) is 80.0 cm³/mol. The molecule has 0 unspecified atom stereocenters. The Hall–Kier alpha value is -1.88. The average Bonchev–Trinajstić information content (AvgIpc) is 2.91. The molecule has 3 heterocycles. The Balaban J connectivity index is 1.82. The maximum absolute atomic E-state index is 11.9. The second-order valence-corrected chi connectivity index (χ2v) is 5.66. The first kappa shape index (κ1) is 14.1. The molecule has 0 saturated carbocycles. The zero-order valence-electron chi connectivity index (χ0n) is 12.6. The number of likely N-dealkylation sites (tertiary alicyclic amines) is 1. The number of rotatable bonds is 3. The van der Waals surface area contributed by atoms with E-state index in [4.69, 9.17) is 9.72 Å². The number of carbonyl (C=O) groups excluding carboxylic acids is 1. The van der Waals surface area contributed by atoms with Gasteiger partial charge in [-0.3, -0.25) is 9.69 Å². The van der Waals surface area contributed by atoms with E-state index in [0.717, 1.165) is 42.7 Å². The van der Waals surface area contributed by atoms with Crippen molar-refractivity contribution < 1.29 is 9.53 Å². The fourth-order valence-corrected chi connectivity index (χ4v) is 3.07. The molecule has 5 nitrogen and oxygen atoms in total. The normalized spacial score (nSPS) is 19.8. The lowest BCUT2D eigenvalue weighted by Gasteiger charge is -2.33. The Morgan fingerprint density at radius 1 is 1.48 bits per heavy atom. The highest BCUT2D eigenvalue weighted by atomic mass is 16.5. The number of aromatic nitrogens is 2. The molecule has 5 heteroatoms. The van der Waals surface area contributed by atoms with Gasteiger partial charge >= 0.3 is 5.97 Å². The van der Waals surface area contributed by atoms with Crippen molar-refractivity contribution in [1.82, 2.24) is 14.3 Å². The molecule has 0 N–H and O–H groups in total. The maximum atomic E-state index is 11.9. The lowest BCUT2D eigenvalue weighted by atomic mass is 10.0. The van der Waals surface area contributed by atoms with Crippen LogP contribution in [0.15, 0.2) is 24.5 Å². The van der Waals surface area contributed by atoms with Crippen LogP contribution in [0.5, 0.6) is 0 Å². The monoisotopic (exact) mass is 287 g/mol. The molecule has 1 fully saturated rings. The molecular formula is C16H21N3O2. The van der Waals surface area contributed by atoms with Gasteiger partial charge in [-0.05, 0) is 37.9 Å². The van der Waals surface area contributed by atoms with E-state index >= 15 is 0 Å². The summed E-state index contributed by atoms with van der Waals surface area (Å²) in [6.07, 6.45) is 7.14. The van der Waals surface area contributed by atoms with Crippen molar-refractivity contribution in [2.24, 2.45) is 0 Å². The number of fused-ring (bicyclic) bond motifs is 1. The van der Waals surface area contributed by atoms with Crippen molar-refractivity contribution >= 4 is 11.6 Å². The molecule has 2 aromatic heterocycles. The molecule has 0 spiro atoms. The second-order valence-electron chi connectivity index (χ2n) is 5.66. The number of hydrogen-bond donors (Lipinski definition) is 0. The first-order valence-electron chi connectivity index (χ1n) is 7.44. The van der Waals surface area contributed by atoms with E-state index in [-0.39, 0.29) is 12.0 Å². The molecule has 2 aromatic rings. The van der Waals surface area contributed by atoms with Crippen LogP contribution in [0.3, 0.4) is 0 Å². The molecule has 1 atom stereocenters. The first-order valence-corrected chi connectivity index (χ1v) is 7.44. The summed E-state index contributed by atoms with van der Waals surface area (Å²) in [6, 6.07) is 3.95. The largest absolute Gasteiger partial charge is 0.468 e. The first-order chi connectivity index (χ1) is 10.2. The molecule has 112 valence electrons. The van der Waals surface area contributed by atoms with Crippen molar-refractivity contribution in [3.63, 3.8) is 0 Å². The average molecular weight is 287 g/mol. The number of carbonyl (C=O) groups is 1. The van der Waals surface area contributed by atoms with Gasteiger partial charge in [-0.2, -0.15) is 0 Å². The zero-order valence-corrected chi connectivity index (χ0v) is 12.6. The highest BCUT2D eigenvalue weighted by molar-refractivity contribution is 5.75. The van der Waals surface area contributed by atoms with E-state index in [2.05, 4.69) is 17.9 Å². The van der Waals surface area contributed by atoms with Gasteiger partial charge in [0.1, 0.15) is 11.7 Å². The van der Waals surface area contributed by atoms with Crippen LogP contribution in [0.1, 0.15) is 30.5 Å². The summed E-state index contributed by atoms with van der Waals surface area (Å²) in [5.74, 6) is -0.130. The zero-order chi connectivity index (χ0) is 14.8. The fourth-order valence-electron chi connectivity index (χ4n) is 3.07. The van der Waals surface area contributed by atoms with Gasteiger partial charge in [0.25, 0.3) is 0 Å². The van der Waals surface area contributed by atoms with Gasteiger partial charge < -0.3 is 9.14 Å². The summed E-state index contributed by atoms with van der Waals surface area (Å²) < 4.78 is 6.97. The molecule has 0 aromatic carbocycles. The van der Waals surface area contributed by atoms with Crippen LogP contribution in [0, 0.1) is 6.92 Å². The van der Waals surface area contributed by atoms with Gasteiger partial charge in [0.15, 0.2) is 0 Å². The highest BCUT2D eigenvalue weighted by Crippen LogP contribution is 2.21. The minimum Gasteiger partial charge on any atom is -0.468 e. The van der Waals surface area contributed by atoms with E-state index in [1.807, 2.05) is 22.9 Å². The molecule has 1 saturated heterocycles. The van der Waals surface area contributed by atoms with Crippen LogP contribution in [-0.2, 0) is 16.1 Å². The number of imidazole rings is 1. The third-order valence-corrected chi connectivity index (χ3v) is 4.18. The number of esters is 1. The van der Waals surface area contributed by atoms with Crippen LogP contribution in [-0.4, -0.2) is 40.0 Å². The van der Waals surface area contributed by atoms with Crippen molar-refractivity contribution in [1.29, 1.82) is 0 Å². The number of pyridine rings is 1. The van der Waals surface area contributed by atoms with Crippen molar-refractivity contribution in [2.45, 2.75) is 38.8 Å². The third kappa shape index (κ3) is 2.78. The van der Waals surface area contributed by atoms with Gasteiger partial charge in [0.2, 0.25) is 0 Å². The summed E-state index contributed by atoms with van der Waals surface area (Å²) in [6.45, 7) is 3.68. The summed E-state index contributed by atoms with van der Waals surface area (Å²) in [4.78, 5) is 18.8. The number of nitrogens with zero attached hydrogens (tertiary/aromatic N) is 3. The molecule has 1 aliphatic rings. The van der Waals surface area contributed by atoms with Gasteiger partial charge in [-0.25, -0.2) is 4.98 Å². The van der Waals surface area contributed by atoms with E-state index in [9.17, 15) is 4.79 Å². The quantitative estimate of drug-likeness (QED) is 0.812. The van der Waals surface area contributed by atoms with E-state index in [0.29, 0.717) is 6.54 Å². The van der Waals surface area contributed by atoms with E-state index in [1.54, 1.807) is 0 Å². The van der Waals surface area contributed by atoms with Crippen LogP contribution in [0.4, 0.5) is 0 Å². The number of piperidine rings is 1. The van der Waals surface area contributed by atoms with Crippen LogP contribution < -0.4 is 0 Å². The topological polar surface area (TPSA) is 46.8 Å². The minimum atomic E-state index is -0.130.